The third-order valence-electron chi connectivity index (χ3n) is 4.55. The van der Waals surface area contributed by atoms with E-state index >= 15 is 0 Å². The second kappa shape index (κ2) is 7.75. The number of likely N-dealkylation sites (tertiary alicyclic amines) is 1. The van der Waals surface area contributed by atoms with E-state index in [1.807, 2.05) is 11.0 Å². The standard InChI is InChI=1S/C19H21N5O/c1-2-15-8-5-6-12-24(15)19(25)17-10-11-18(23-22-17)21-16-9-4-3-7-14(16)13-20/h3-4,7,9-11,15H,2,5-6,8,12H2,1H3,(H,21,23). The van der Waals surface area contributed by atoms with Crippen molar-refractivity contribution in [3.8, 4) is 6.07 Å². The molecule has 1 aliphatic heterocycles. The van der Waals surface area contributed by atoms with Crippen LogP contribution in [0.1, 0.15) is 48.7 Å². The number of nitrogens with one attached hydrogen (secondary N) is 1. The second-order valence-electron chi connectivity index (χ2n) is 6.14. The number of amides is 1. The molecule has 3 rings (SSSR count). The molecule has 1 atom stereocenters. The van der Waals surface area contributed by atoms with Crippen LogP contribution >= 0.6 is 0 Å². The number of rotatable bonds is 4. The van der Waals surface area contributed by atoms with Gasteiger partial charge in [-0.25, -0.2) is 0 Å². The Morgan fingerprint density at radius 1 is 1.28 bits per heavy atom. The maximum Gasteiger partial charge on any atom is 0.274 e. The zero-order valence-electron chi connectivity index (χ0n) is 14.3. The number of carbonyl (C=O) groups is 1. The summed E-state index contributed by atoms with van der Waals surface area (Å²) in [5.74, 6) is 0.452. The van der Waals surface area contributed by atoms with E-state index in [9.17, 15) is 4.79 Å². The molecule has 1 aromatic carbocycles. The molecule has 0 saturated carbocycles. The Balaban J connectivity index is 1.74. The number of aromatic nitrogens is 2. The summed E-state index contributed by atoms with van der Waals surface area (Å²) in [7, 11) is 0. The number of para-hydroxylation sites is 1. The third-order valence-corrected chi connectivity index (χ3v) is 4.55. The van der Waals surface area contributed by atoms with Gasteiger partial charge >= 0.3 is 0 Å². The zero-order chi connectivity index (χ0) is 17.6. The second-order valence-corrected chi connectivity index (χ2v) is 6.14. The molecule has 6 nitrogen and oxygen atoms in total. The summed E-state index contributed by atoms with van der Waals surface area (Å²) in [6, 6.07) is 13.0. The molecule has 1 aromatic heterocycles. The molecule has 0 bridgehead atoms. The van der Waals surface area contributed by atoms with Crippen LogP contribution in [-0.2, 0) is 0 Å². The number of nitrogens with zero attached hydrogens (tertiary/aromatic N) is 4. The van der Waals surface area contributed by atoms with Crippen molar-refractivity contribution in [1.82, 2.24) is 15.1 Å². The number of hydrogen-bond acceptors (Lipinski definition) is 5. The van der Waals surface area contributed by atoms with Gasteiger partial charge in [0.05, 0.1) is 11.3 Å². The molecule has 1 aliphatic rings. The zero-order valence-corrected chi connectivity index (χ0v) is 14.3. The molecule has 0 aliphatic carbocycles. The van der Waals surface area contributed by atoms with Crippen LogP contribution in [0, 0.1) is 11.3 Å². The summed E-state index contributed by atoms with van der Waals surface area (Å²) < 4.78 is 0. The molecule has 1 unspecified atom stereocenters. The number of nitriles is 1. The molecule has 0 radical (unpaired) electrons. The minimum Gasteiger partial charge on any atom is -0.338 e. The first-order chi connectivity index (χ1) is 12.2. The first-order valence-electron chi connectivity index (χ1n) is 8.63. The van der Waals surface area contributed by atoms with Gasteiger partial charge in [-0.15, -0.1) is 10.2 Å². The van der Waals surface area contributed by atoms with Crippen molar-refractivity contribution in [2.75, 3.05) is 11.9 Å². The van der Waals surface area contributed by atoms with Gasteiger partial charge in [-0.1, -0.05) is 19.1 Å². The molecular formula is C19H21N5O. The highest BCUT2D eigenvalue weighted by Crippen LogP contribution is 2.22. The molecular weight excluding hydrogens is 314 g/mol. The molecule has 6 heteroatoms. The normalized spacial score (nSPS) is 17.0. The number of piperidine rings is 1. The maximum absolute atomic E-state index is 12.7. The lowest BCUT2D eigenvalue weighted by atomic mass is 9.99. The Labute approximate surface area is 147 Å². The predicted octanol–water partition coefficient (Wildman–Crippen LogP) is 3.50. The van der Waals surface area contributed by atoms with Crippen LogP contribution in [0.4, 0.5) is 11.5 Å². The van der Waals surface area contributed by atoms with Crippen molar-refractivity contribution < 1.29 is 4.79 Å². The van der Waals surface area contributed by atoms with Gasteiger partial charge in [-0.2, -0.15) is 5.26 Å². The molecule has 128 valence electrons. The minimum atomic E-state index is -0.0528. The van der Waals surface area contributed by atoms with Gasteiger partial charge in [0.1, 0.15) is 6.07 Å². The summed E-state index contributed by atoms with van der Waals surface area (Å²) >= 11 is 0. The fourth-order valence-corrected chi connectivity index (χ4v) is 3.18. The summed E-state index contributed by atoms with van der Waals surface area (Å²) in [6.45, 7) is 2.90. The quantitative estimate of drug-likeness (QED) is 0.925. The van der Waals surface area contributed by atoms with E-state index in [4.69, 9.17) is 5.26 Å². The lowest BCUT2D eigenvalue weighted by Crippen LogP contribution is -2.43. The van der Waals surface area contributed by atoms with E-state index in [0.29, 0.717) is 28.8 Å². The summed E-state index contributed by atoms with van der Waals surface area (Å²) in [6.07, 6.45) is 4.24. The predicted molar refractivity (Wildman–Crippen MR) is 95.4 cm³/mol. The first-order valence-corrected chi connectivity index (χ1v) is 8.63. The van der Waals surface area contributed by atoms with Crippen LogP contribution in [0.5, 0.6) is 0 Å². The molecule has 1 amide bonds. The van der Waals surface area contributed by atoms with E-state index in [-0.39, 0.29) is 5.91 Å². The van der Waals surface area contributed by atoms with Gasteiger partial charge in [0.15, 0.2) is 11.5 Å². The largest absolute Gasteiger partial charge is 0.338 e. The van der Waals surface area contributed by atoms with Crippen molar-refractivity contribution in [2.45, 2.75) is 38.6 Å². The smallest absolute Gasteiger partial charge is 0.274 e. The molecule has 1 saturated heterocycles. The highest BCUT2D eigenvalue weighted by Gasteiger charge is 2.27. The Bertz CT molecular complexity index is 781. The average molecular weight is 335 g/mol. The van der Waals surface area contributed by atoms with Crippen LogP contribution < -0.4 is 5.32 Å². The van der Waals surface area contributed by atoms with E-state index in [1.54, 1.807) is 30.3 Å². The minimum absolute atomic E-state index is 0.0528. The van der Waals surface area contributed by atoms with E-state index in [2.05, 4.69) is 28.5 Å². The van der Waals surface area contributed by atoms with Crippen LogP contribution in [-0.4, -0.2) is 33.6 Å². The Morgan fingerprint density at radius 3 is 2.84 bits per heavy atom. The topological polar surface area (TPSA) is 81.9 Å². The highest BCUT2D eigenvalue weighted by molar-refractivity contribution is 5.92. The first kappa shape index (κ1) is 16.9. The van der Waals surface area contributed by atoms with Crippen LogP contribution in [0.2, 0.25) is 0 Å². The monoisotopic (exact) mass is 335 g/mol. The Kier molecular flexibility index (Phi) is 5.24. The van der Waals surface area contributed by atoms with Gasteiger partial charge in [-0.3, -0.25) is 4.79 Å². The number of benzene rings is 1. The van der Waals surface area contributed by atoms with Gasteiger partial charge in [0.2, 0.25) is 0 Å². The molecule has 1 N–H and O–H groups in total. The van der Waals surface area contributed by atoms with E-state index < -0.39 is 0 Å². The van der Waals surface area contributed by atoms with Crippen molar-refractivity contribution in [1.29, 1.82) is 5.26 Å². The molecule has 25 heavy (non-hydrogen) atoms. The molecule has 2 aromatic rings. The van der Waals surface area contributed by atoms with Gasteiger partial charge in [-0.05, 0) is 49.9 Å². The maximum atomic E-state index is 12.7. The summed E-state index contributed by atoms with van der Waals surface area (Å²) in [4.78, 5) is 14.6. The van der Waals surface area contributed by atoms with Crippen molar-refractivity contribution in [3.63, 3.8) is 0 Å². The van der Waals surface area contributed by atoms with Crippen molar-refractivity contribution in [3.05, 3.63) is 47.7 Å². The Hall–Kier alpha value is -2.94. The van der Waals surface area contributed by atoms with Gasteiger partial charge < -0.3 is 10.2 Å². The van der Waals surface area contributed by atoms with Gasteiger partial charge in [0.25, 0.3) is 5.91 Å². The lowest BCUT2D eigenvalue weighted by Gasteiger charge is -2.34. The number of hydrogen-bond donors (Lipinski definition) is 1. The molecule has 0 spiro atoms. The fourth-order valence-electron chi connectivity index (χ4n) is 3.18. The summed E-state index contributed by atoms with van der Waals surface area (Å²) in [5.41, 5.74) is 1.56. The SMILES string of the molecule is CCC1CCCCN1C(=O)c1ccc(Nc2ccccc2C#N)nn1. The van der Waals surface area contributed by atoms with Crippen molar-refractivity contribution in [2.24, 2.45) is 0 Å². The summed E-state index contributed by atoms with van der Waals surface area (Å²) in [5, 5.41) is 20.4. The van der Waals surface area contributed by atoms with E-state index in [0.717, 1.165) is 25.8 Å². The fraction of sp³-hybridized carbons (Fsp3) is 0.368. The van der Waals surface area contributed by atoms with Crippen LogP contribution in [0.15, 0.2) is 36.4 Å². The van der Waals surface area contributed by atoms with Gasteiger partial charge in [0, 0.05) is 12.6 Å². The van der Waals surface area contributed by atoms with Crippen LogP contribution in [0.25, 0.3) is 0 Å². The van der Waals surface area contributed by atoms with Crippen LogP contribution in [0.3, 0.4) is 0 Å². The molecule has 2 heterocycles. The lowest BCUT2D eigenvalue weighted by molar-refractivity contribution is 0.0601. The average Bonchev–Trinajstić information content (AvgIpc) is 2.68. The van der Waals surface area contributed by atoms with Crippen molar-refractivity contribution >= 4 is 17.4 Å². The van der Waals surface area contributed by atoms with E-state index in [1.165, 1.54) is 6.42 Å². The number of anilines is 2. The highest BCUT2D eigenvalue weighted by atomic mass is 16.2. The molecule has 1 fully saturated rings. The Morgan fingerprint density at radius 2 is 2.12 bits per heavy atom. The number of carbonyl (C=O) groups excluding carboxylic acids is 1. The third kappa shape index (κ3) is 3.77.